The van der Waals surface area contributed by atoms with Crippen molar-refractivity contribution in [2.24, 2.45) is 0 Å². The van der Waals surface area contributed by atoms with Gasteiger partial charge in [-0.15, -0.1) is 0 Å². The van der Waals surface area contributed by atoms with Crippen LogP contribution in [-0.4, -0.2) is 34.8 Å². The van der Waals surface area contributed by atoms with Crippen molar-refractivity contribution in [3.05, 3.63) is 54.6 Å². The van der Waals surface area contributed by atoms with E-state index in [1.165, 1.54) is 6.33 Å². The van der Waals surface area contributed by atoms with Crippen molar-refractivity contribution in [1.82, 2.24) is 24.9 Å². The van der Waals surface area contributed by atoms with Crippen molar-refractivity contribution < 1.29 is 8.42 Å². The lowest BCUT2D eigenvalue weighted by atomic mass is 10.2. The lowest BCUT2D eigenvalue weighted by molar-refractivity contribution is 0.587. The highest BCUT2D eigenvalue weighted by Crippen LogP contribution is 2.20. The van der Waals surface area contributed by atoms with E-state index in [2.05, 4.69) is 30.2 Å². The van der Waals surface area contributed by atoms with Gasteiger partial charge in [0, 0.05) is 30.1 Å². The average Bonchev–Trinajstić information content (AvgIpc) is 3.08. The Morgan fingerprint density at radius 3 is 2.62 bits per heavy atom. The van der Waals surface area contributed by atoms with Crippen LogP contribution in [0.1, 0.15) is 5.56 Å². The molecule has 0 amide bonds. The summed E-state index contributed by atoms with van der Waals surface area (Å²) in [6.07, 6.45) is 6.07. The van der Waals surface area contributed by atoms with E-state index in [0.29, 0.717) is 5.82 Å². The molecule has 2 aromatic heterocycles. The Bertz CT molecular complexity index is 907. The standard InChI is InChI=1S/C15H16N6O2S/c1-24(22,23)20-7-11-2-4-13(5-3-11)21-15-6-14(16-10-17-15)12-8-18-19-9-12/h2-6,8-10,20H,7H2,1H3,(H,18,19)(H,16,17,21). The fraction of sp³-hybridized carbons (Fsp3) is 0.133. The van der Waals surface area contributed by atoms with Crippen LogP contribution in [0.4, 0.5) is 11.5 Å². The molecule has 0 spiro atoms. The predicted molar refractivity (Wildman–Crippen MR) is 91.0 cm³/mol. The van der Waals surface area contributed by atoms with Gasteiger partial charge in [0.05, 0.1) is 18.1 Å². The Morgan fingerprint density at radius 2 is 1.96 bits per heavy atom. The van der Waals surface area contributed by atoms with E-state index in [9.17, 15) is 8.42 Å². The fourth-order valence-electron chi connectivity index (χ4n) is 2.04. The number of H-pyrrole nitrogens is 1. The average molecular weight is 344 g/mol. The first-order valence-electron chi connectivity index (χ1n) is 7.11. The first-order valence-corrected chi connectivity index (χ1v) is 9.00. The minimum atomic E-state index is -3.20. The molecule has 3 aromatic rings. The Hall–Kier alpha value is -2.78. The highest BCUT2D eigenvalue weighted by Gasteiger charge is 2.04. The molecule has 1 aromatic carbocycles. The van der Waals surface area contributed by atoms with E-state index in [-0.39, 0.29) is 6.54 Å². The second-order valence-electron chi connectivity index (χ2n) is 5.19. The summed E-state index contributed by atoms with van der Waals surface area (Å²) in [5.41, 5.74) is 3.35. The molecular formula is C15H16N6O2S. The maximum absolute atomic E-state index is 11.1. The molecule has 3 N–H and O–H groups in total. The zero-order valence-electron chi connectivity index (χ0n) is 12.9. The quantitative estimate of drug-likeness (QED) is 0.627. The van der Waals surface area contributed by atoms with Crippen molar-refractivity contribution >= 4 is 21.5 Å². The van der Waals surface area contributed by atoms with Gasteiger partial charge in [-0.3, -0.25) is 5.10 Å². The highest BCUT2D eigenvalue weighted by molar-refractivity contribution is 7.88. The van der Waals surface area contributed by atoms with Gasteiger partial charge in [-0.1, -0.05) is 12.1 Å². The summed E-state index contributed by atoms with van der Waals surface area (Å²) in [6, 6.07) is 9.24. The SMILES string of the molecule is CS(=O)(=O)NCc1ccc(Nc2cc(-c3cn[nH]c3)ncn2)cc1. The van der Waals surface area contributed by atoms with E-state index < -0.39 is 10.0 Å². The minimum absolute atomic E-state index is 0.261. The van der Waals surface area contributed by atoms with Crippen molar-refractivity contribution in [2.75, 3.05) is 11.6 Å². The van der Waals surface area contributed by atoms with Crippen LogP contribution in [0.15, 0.2) is 49.1 Å². The molecule has 0 bridgehead atoms. The van der Waals surface area contributed by atoms with Gasteiger partial charge in [-0.25, -0.2) is 23.1 Å². The number of anilines is 2. The lowest BCUT2D eigenvalue weighted by Gasteiger charge is -2.08. The number of benzene rings is 1. The maximum atomic E-state index is 11.1. The van der Waals surface area contributed by atoms with E-state index in [1.807, 2.05) is 30.3 Å². The molecule has 9 heteroatoms. The van der Waals surface area contributed by atoms with Crippen LogP contribution in [0, 0.1) is 0 Å². The number of hydrogen-bond acceptors (Lipinski definition) is 6. The van der Waals surface area contributed by atoms with Crippen LogP contribution in [0.3, 0.4) is 0 Å². The van der Waals surface area contributed by atoms with Gasteiger partial charge in [0.1, 0.15) is 12.1 Å². The summed E-state index contributed by atoms with van der Waals surface area (Å²) in [6.45, 7) is 0.261. The number of rotatable bonds is 6. The monoisotopic (exact) mass is 344 g/mol. The molecule has 0 aliphatic heterocycles. The number of sulfonamides is 1. The minimum Gasteiger partial charge on any atom is -0.340 e. The summed E-state index contributed by atoms with van der Waals surface area (Å²) in [5, 5.41) is 9.83. The van der Waals surface area contributed by atoms with Crippen molar-refractivity contribution in [3.63, 3.8) is 0 Å². The first-order chi connectivity index (χ1) is 11.5. The molecule has 3 rings (SSSR count). The topological polar surface area (TPSA) is 113 Å². The Morgan fingerprint density at radius 1 is 1.17 bits per heavy atom. The third-order valence-corrected chi connectivity index (χ3v) is 3.89. The smallest absolute Gasteiger partial charge is 0.209 e. The molecule has 8 nitrogen and oxygen atoms in total. The van der Waals surface area contributed by atoms with Crippen LogP contribution in [0.5, 0.6) is 0 Å². The molecule has 0 atom stereocenters. The number of nitrogens with one attached hydrogen (secondary N) is 3. The molecule has 124 valence electrons. The molecule has 0 unspecified atom stereocenters. The van der Waals surface area contributed by atoms with Gasteiger partial charge in [0.25, 0.3) is 0 Å². The molecular weight excluding hydrogens is 328 g/mol. The first kappa shape index (κ1) is 16.1. The van der Waals surface area contributed by atoms with E-state index in [1.54, 1.807) is 12.4 Å². The highest BCUT2D eigenvalue weighted by atomic mass is 32.2. The van der Waals surface area contributed by atoms with Crippen LogP contribution >= 0.6 is 0 Å². The zero-order valence-corrected chi connectivity index (χ0v) is 13.7. The molecule has 0 aliphatic rings. The number of hydrogen-bond donors (Lipinski definition) is 3. The maximum Gasteiger partial charge on any atom is 0.209 e. The van der Waals surface area contributed by atoms with E-state index in [0.717, 1.165) is 28.8 Å². The van der Waals surface area contributed by atoms with Crippen molar-refractivity contribution in [2.45, 2.75) is 6.54 Å². The van der Waals surface area contributed by atoms with E-state index in [4.69, 9.17) is 0 Å². The molecule has 0 saturated heterocycles. The number of aromatic nitrogens is 4. The van der Waals surface area contributed by atoms with Crippen LogP contribution in [0.25, 0.3) is 11.3 Å². The predicted octanol–water partition coefficient (Wildman–Crippen LogP) is 1.66. The Kier molecular flexibility index (Phi) is 4.54. The second-order valence-corrected chi connectivity index (χ2v) is 7.02. The van der Waals surface area contributed by atoms with Crippen LogP contribution in [0.2, 0.25) is 0 Å². The molecule has 0 radical (unpaired) electrons. The molecule has 0 aliphatic carbocycles. The van der Waals surface area contributed by atoms with Gasteiger partial charge in [-0.05, 0) is 17.7 Å². The molecule has 0 saturated carbocycles. The summed E-state index contributed by atoms with van der Waals surface area (Å²) >= 11 is 0. The van der Waals surface area contributed by atoms with Crippen molar-refractivity contribution in [3.8, 4) is 11.3 Å². The van der Waals surface area contributed by atoms with Crippen molar-refractivity contribution in [1.29, 1.82) is 0 Å². The third kappa shape index (κ3) is 4.37. The second kappa shape index (κ2) is 6.77. The number of aromatic amines is 1. The molecule has 2 heterocycles. The summed E-state index contributed by atoms with van der Waals surface area (Å²) in [7, 11) is -3.20. The fourth-order valence-corrected chi connectivity index (χ4v) is 2.47. The van der Waals surface area contributed by atoms with Gasteiger partial charge >= 0.3 is 0 Å². The summed E-state index contributed by atoms with van der Waals surface area (Å²) < 4.78 is 24.6. The zero-order chi connectivity index (χ0) is 17.0. The van der Waals surface area contributed by atoms with Crippen LogP contribution in [-0.2, 0) is 16.6 Å². The molecule has 0 fully saturated rings. The Balaban J connectivity index is 1.69. The number of nitrogens with zero attached hydrogens (tertiary/aromatic N) is 3. The summed E-state index contributed by atoms with van der Waals surface area (Å²) in [4.78, 5) is 8.40. The van der Waals surface area contributed by atoms with Gasteiger partial charge in [0.15, 0.2) is 0 Å². The largest absolute Gasteiger partial charge is 0.340 e. The summed E-state index contributed by atoms with van der Waals surface area (Å²) in [5.74, 6) is 0.656. The van der Waals surface area contributed by atoms with Gasteiger partial charge < -0.3 is 5.32 Å². The van der Waals surface area contributed by atoms with Gasteiger partial charge in [0.2, 0.25) is 10.0 Å². The van der Waals surface area contributed by atoms with Gasteiger partial charge in [-0.2, -0.15) is 5.10 Å². The van der Waals surface area contributed by atoms with E-state index >= 15 is 0 Å². The lowest BCUT2D eigenvalue weighted by Crippen LogP contribution is -2.21. The Labute approximate surface area is 139 Å². The normalized spacial score (nSPS) is 11.4. The van der Waals surface area contributed by atoms with Crippen LogP contribution < -0.4 is 10.0 Å². The third-order valence-electron chi connectivity index (χ3n) is 3.23. The molecule has 24 heavy (non-hydrogen) atoms.